The van der Waals surface area contributed by atoms with Crippen LogP contribution in [0.5, 0.6) is 11.5 Å². The first-order valence-electron chi connectivity index (χ1n) is 7.26. The van der Waals surface area contributed by atoms with Gasteiger partial charge in [0.15, 0.2) is 23.4 Å². The molecular formula is C16H17NO4. The van der Waals surface area contributed by atoms with Gasteiger partial charge >= 0.3 is 0 Å². The van der Waals surface area contributed by atoms with Crippen LogP contribution >= 0.6 is 0 Å². The van der Waals surface area contributed by atoms with E-state index in [1.54, 1.807) is 12.1 Å². The van der Waals surface area contributed by atoms with Gasteiger partial charge in [-0.2, -0.15) is 0 Å². The maximum Gasteiger partial charge on any atom is 0.196 e. The zero-order chi connectivity index (χ0) is 14.8. The molecule has 1 heterocycles. The lowest BCUT2D eigenvalue weighted by Crippen LogP contribution is -2.61. The van der Waals surface area contributed by atoms with Crippen molar-refractivity contribution in [2.75, 3.05) is 6.54 Å². The van der Waals surface area contributed by atoms with Crippen LogP contribution in [0, 0.1) is 0 Å². The molecule has 0 fully saturated rings. The van der Waals surface area contributed by atoms with Crippen LogP contribution in [0.2, 0.25) is 0 Å². The predicted octanol–water partition coefficient (Wildman–Crippen LogP) is 0.641. The van der Waals surface area contributed by atoms with Crippen molar-refractivity contribution in [1.29, 1.82) is 0 Å². The van der Waals surface area contributed by atoms with Crippen molar-refractivity contribution in [3.63, 3.8) is 0 Å². The molecule has 0 amide bonds. The first kappa shape index (κ1) is 12.9. The number of likely N-dealkylation sites (N-methyl/N-ethyl adjacent to an activating group) is 1. The molecule has 1 aromatic carbocycles. The van der Waals surface area contributed by atoms with Gasteiger partial charge < -0.3 is 20.3 Å². The minimum Gasteiger partial charge on any atom is -0.504 e. The maximum atomic E-state index is 12.1. The lowest BCUT2D eigenvalue weighted by molar-refractivity contribution is -0.126. The number of aliphatic hydroxyl groups is 1. The summed E-state index contributed by atoms with van der Waals surface area (Å²) in [7, 11) is 0. The van der Waals surface area contributed by atoms with Crippen molar-refractivity contribution >= 4 is 5.78 Å². The highest BCUT2D eigenvalue weighted by atomic mass is 16.5. The fourth-order valence-corrected chi connectivity index (χ4v) is 3.93. The van der Waals surface area contributed by atoms with E-state index >= 15 is 0 Å². The van der Waals surface area contributed by atoms with Gasteiger partial charge in [-0.3, -0.25) is 4.79 Å². The summed E-state index contributed by atoms with van der Waals surface area (Å²) in [5.74, 6) is -0.235. The van der Waals surface area contributed by atoms with Gasteiger partial charge in [0.2, 0.25) is 0 Å². The molecule has 4 atom stereocenters. The van der Waals surface area contributed by atoms with E-state index in [1.165, 1.54) is 6.08 Å². The fraction of sp³-hybridized carbons (Fsp3) is 0.438. The molecule has 4 rings (SSSR count). The molecule has 0 radical (unpaired) electrons. The zero-order valence-electron chi connectivity index (χ0n) is 11.7. The summed E-state index contributed by atoms with van der Waals surface area (Å²) < 4.78 is 5.70. The van der Waals surface area contributed by atoms with Gasteiger partial charge in [-0.15, -0.1) is 0 Å². The van der Waals surface area contributed by atoms with Gasteiger partial charge in [-0.25, -0.2) is 0 Å². The van der Waals surface area contributed by atoms with E-state index in [9.17, 15) is 15.0 Å². The second-order valence-electron chi connectivity index (χ2n) is 5.94. The number of hydrogen-bond acceptors (Lipinski definition) is 5. The summed E-state index contributed by atoms with van der Waals surface area (Å²) in [6.07, 6.45) is 2.88. The minimum atomic E-state index is -1.17. The molecule has 110 valence electrons. The Morgan fingerprint density at radius 3 is 3.05 bits per heavy atom. The SMILES string of the molecule is CCNC1Cc2ccc(O)c3c2C2[C@@H](O3)C(=O)C=C[C@@]12O. The number of nitrogens with one attached hydrogen (secondary N) is 1. The van der Waals surface area contributed by atoms with E-state index < -0.39 is 17.6 Å². The van der Waals surface area contributed by atoms with Crippen molar-refractivity contribution in [3.05, 3.63) is 35.4 Å². The number of phenolic OH excluding ortho intramolecular Hbond substituents is 1. The van der Waals surface area contributed by atoms with Crippen molar-refractivity contribution in [3.8, 4) is 11.5 Å². The van der Waals surface area contributed by atoms with E-state index in [1.807, 2.05) is 13.0 Å². The van der Waals surface area contributed by atoms with Gasteiger partial charge in [-0.1, -0.05) is 13.0 Å². The first-order valence-corrected chi connectivity index (χ1v) is 7.26. The summed E-state index contributed by atoms with van der Waals surface area (Å²) in [5.41, 5.74) is 0.643. The van der Waals surface area contributed by atoms with Gasteiger partial charge in [0.1, 0.15) is 5.60 Å². The monoisotopic (exact) mass is 287 g/mol. The lowest BCUT2D eigenvalue weighted by atomic mass is 9.64. The second-order valence-corrected chi connectivity index (χ2v) is 5.94. The number of carbonyl (C=O) groups is 1. The molecule has 1 aromatic rings. The van der Waals surface area contributed by atoms with E-state index in [4.69, 9.17) is 4.74 Å². The Bertz CT molecular complexity index is 668. The standard InChI is InChI=1S/C16H17NO4/c1-2-17-11-7-8-3-4-9(18)14-12(8)13-15(21-14)10(19)5-6-16(11,13)20/h3-6,11,13,15,17-18,20H,2,7H2,1H3/t11?,13?,15-,16+/m0/s1. The third-order valence-corrected chi connectivity index (χ3v) is 4.85. The molecule has 0 aromatic heterocycles. The quantitative estimate of drug-likeness (QED) is 0.744. The van der Waals surface area contributed by atoms with Gasteiger partial charge in [-0.05, 0) is 36.7 Å². The van der Waals surface area contributed by atoms with Crippen LogP contribution in [0.25, 0.3) is 0 Å². The molecule has 3 N–H and O–H groups in total. The largest absolute Gasteiger partial charge is 0.504 e. The average molecular weight is 287 g/mol. The van der Waals surface area contributed by atoms with Crippen LogP contribution in [-0.2, 0) is 11.2 Å². The van der Waals surface area contributed by atoms with E-state index in [0.717, 1.165) is 17.7 Å². The molecule has 2 aliphatic carbocycles. The third kappa shape index (κ3) is 1.50. The molecular weight excluding hydrogens is 270 g/mol. The molecule has 0 saturated carbocycles. The average Bonchev–Trinajstić information content (AvgIpc) is 2.88. The normalized spacial score (nSPS) is 35.5. The number of aromatic hydroxyl groups is 1. The van der Waals surface area contributed by atoms with Crippen molar-refractivity contribution in [2.45, 2.75) is 37.0 Å². The smallest absolute Gasteiger partial charge is 0.196 e. The van der Waals surface area contributed by atoms with E-state index in [2.05, 4.69) is 5.32 Å². The summed E-state index contributed by atoms with van der Waals surface area (Å²) in [6.45, 7) is 2.72. The Balaban J connectivity index is 1.95. The first-order chi connectivity index (χ1) is 10.1. The third-order valence-electron chi connectivity index (χ3n) is 4.85. The van der Waals surface area contributed by atoms with Crippen LogP contribution in [-0.4, -0.2) is 40.3 Å². The van der Waals surface area contributed by atoms with Crippen LogP contribution < -0.4 is 10.1 Å². The van der Waals surface area contributed by atoms with Gasteiger partial charge in [0, 0.05) is 11.6 Å². The molecule has 3 aliphatic rings. The number of carbonyl (C=O) groups excluding carboxylic acids is 1. The molecule has 2 unspecified atom stereocenters. The Hall–Kier alpha value is -1.85. The minimum absolute atomic E-state index is 0.0280. The van der Waals surface area contributed by atoms with Crippen molar-refractivity contribution in [2.24, 2.45) is 0 Å². The topological polar surface area (TPSA) is 78.8 Å². The molecule has 5 heteroatoms. The molecule has 5 nitrogen and oxygen atoms in total. The van der Waals surface area contributed by atoms with Crippen LogP contribution in [0.1, 0.15) is 24.0 Å². The Kier molecular flexibility index (Phi) is 2.50. The van der Waals surface area contributed by atoms with Gasteiger partial charge in [0.05, 0.1) is 5.92 Å². The number of benzene rings is 1. The Labute approximate surface area is 122 Å². The van der Waals surface area contributed by atoms with Crippen molar-refractivity contribution in [1.82, 2.24) is 5.32 Å². The molecule has 0 bridgehead atoms. The van der Waals surface area contributed by atoms with Gasteiger partial charge in [0.25, 0.3) is 0 Å². The highest BCUT2D eigenvalue weighted by Gasteiger charge is 2.59. The molecule has 1 aliphatic heterocycles. The molecule has 0 saturated heterocycles. The van der Waals surface area contributed by atoms with Crippen LogP contribution in [0.3, 0.4) is 0 Å². The highest BCUT2D eigenvalue weighted by molar-refractivity contribution is 5.97. The Morgan fingerprint density at radius 2 is 2.29 bits per heavy atom. The van der Waals surface area contributed by atoms with Crippen LogP contribution in [0.4, 0.5) is 0 Å². The lowest BCUT2D eigenvalue weighted by Gasteiger charge is -2.45. The summed E-state index contributed by atoms with van der Waals surface area (Å²) >= 11 is 0. The number of phenols is 1. The Morgan fingerprint density at radius 1 is 1.48 bits per heavy atom. The second kappa shape index (κ2) is 4.08. The zero-order valence-corrected chi connectivity index (χ0v) is 11.7. The molecule has 21 heavy (non-hydrogen) atoms. The predicted molar refractivity (Wildman–Crippen MR) is 75.5 cm³/mol. The maximum absolute atomic E-state index is 12.1. The highest BCUT2D eigenvalue weighted by Crippen LogP contribution is 2.55. The van der Waals surface area contributed by atoms with E-state index in [0.29, 0.717) is 12.2 Å². The number of ketones is 1. The van der Waals surface area contributed by atoms with E-state index in [-0.39, 0.29) is 17.6 Å². The number of hydrogen-bond donors (Lipinski definition) is 3. The molecule has 0 spiro atoms. The number of rotatable bonds is 2. The number of ether oxygens (including phenoxy) is 1. The van der Waals surface area contributed by atoms with Crippen LogP contribution in [0.15, 0.2) is 24.3 Å². The summed E-state index contributed by atoms with van der Waals surface area (Å²) in [5, 5.41) is 24.5. The summed E-state index contributed by atoms with van der Waals surface area (Å²) in [4.78, 5) is 12.1. The fourth-order valence-electron chi connectivity index (χ4n) is 3.93. The van der Waals surface area contributed by atoms with Crippen molar-refractivity contribution < 1.29 is 19.7 Å². The summed E-state index contributed by atoms with van der Waals surface area (Å²) in [6, 6.07) is 3.27.